The van der Waals surface area contributed by atoms with Crippen LogP contribution in [0.1, 0.15) is 24.8 Å². The van der Waals surface area contributed by atoms with Gasteiger partial charge in [0, 0.05) is 39.3 Å². The largest absolute Gasteiger partial charge is 0.381 e. The molecule has 2 aliphatic rings. The van der Waals surface area contributed by atoms with Gasteiger partial charge < -0.3 is 14.5 Å². The molecule has 2 saturated heterocycles. The molecule has 0 bridgehead atoms. The van der Waals surface area contributed by atoms with Crippen LogP contribution in [0.15, 0.2) is 24.3 Å². The molecule has 24 heavy (non-hydrogen) atoms. The van der Waals surface area contributed by atoms with Crippen LogP contribution in [-0.2, 0) is 20.9 Å². The fraction of sp³-hybridized carbons (Fsp3) is 0.556. The number of amides is 2. The lowest BCUT2D eigenvalue weighted by Gasteiger charge is -2.35. The van der Waals surface area contributed by atoms with Crippen LogP contribution in [-0.4, -0.2) is 54.5 Å². The van der Waals surface area contributed by atoms with Gasteiger partial charge in [-0.25, -0.2) is 4.39 Å². The van der Waals surface area contributed by atoms with Gasteiger partial charge in [-0.05, 0) is 36.5 Å². The average molecular weight is 334 g/mol. The number of benzene rings is 1. The van der Waals surface area contributed by atoms with Crippen molar-refractivity contribution in [2.24, 2.45) is 5.92 Å². The third kappa shape index (κ3) is 4.32. The van der Waals surface area contributed by atoms with Crippen molar-refractivity contribution in [1.29, 1.82) is 0 Å². The highest BCUT2D eigenvalue weighted by Gasteiger charge is 2.28. The van der Waals surface area contributed by atoms with Gasteiger partial charge in [-0.2, -0.15) is 0 Å². The maximum absolute atomic E-state index is 12.9. The second-order valence-corrected chi connectivity index (χ2v) is 6.54. The molecule has 2 fully saturated rings. The zero-order chi connectivity index (χ0) is 16.9. The van der Waals surface area contributed by atoms with Crippen LogP contribution in [0.4, 0.5) is 4.39 Å². The van der Waals surface area contributed by atoms with Crippen LogP contribution in [0.3, 0.4) is 0 Å². The van der Waals surface area contributed by atoms with E-state index in [1.54, 1.807) is 21.9 Å². The van der Waals surface area contributed by atoms with Crippen LogP contribution in [0.2, 0.25) is 0 Å². The molecule has 0 spiro atoms. The molecule has 5 nitrogen and oxygen atoms in total. The van der Waals surface area contributed by atoms with E-state index in [-0.39, 0.29) is 30.1 Å². The lowest BCUT2D eigenvalue weighted by molar-refractivity contribution is -0.146. The van der Waals surface area contributed by atoms with Crippen LogP contribution in [0.25, 0.3) is 0 Å². The van der Waals surface area contributed by atoms with Crippen molar-refractivity contribution in [3.8, 4) is 0 Å². The summed E-state index contributed by atoms with van der Waals surface area (Å²) in [5, 5.41) is 0. The zero-order valence-electron chi connectivity index (χ0n) is 13.7. The third-order valence-electron chi connectivity index (χ3n) is 4.68. The van der Waals surface area contributed by atoms with Gasteiger partial charge in [0.1, 0.15) is 5.82 Å². The zero-order valence-corrected chi connectivity index (χ0v) is 13.7. The second kappa shape index (κ2) is 7.75. The van der Waals surface area contributed by atoms with Crippen molar-refractivity contribution >= 4 is 11.8 Å². The summed E-state index contributed by atoms with van der Waals surface area (Å²) in [6.45, 7) is 3.09. The summed E-state index contributed by atoms with van der Waals surface area (Å²) in [5.74, 6) is -0.0233. The Morgan fingerprint density at radius 3 is 2.71 bits per heavy atom. The fourth-order valence-electron chi connectivity index (χ4n) is 3.24. The van der Waals surface area contributed by atoms with E-state index in [1.165, 1.54) is 12.1 Å². The lowest BCUT2D eigenvalue weighted by atomic mass is 9.98. The molecule has 3 rings (SSSR count). The van der Waals surface area contributed by atoms with E-state index >= 15 is 0 Å². The topological polar surface area (TPSA) is 49.9 Å². The predicted octanol–water partition coefficient (Wildman–Crippen LogP) is 1.81. The summed E-state index contributed by atoms with van der Waals surface area (Å²) >= 11 is 0. The first-order valence-electron chi connectivity index (χ1n) is 8.49. The smallest absolute Gasteiger partial charge is 0.242 e. The lowest BCUT2D eigenvalue weighted by Crippen LogP contribution is -2.52. The number of ether oxygens (including phenoxy) is 1. The maximum Gasteiger partial charge on any atom is 0.242 e. The van der Waals surface area contributed by atoms with E-state index in [4.69, 9.17) is 4.74 Å². The van der Waals surface area contributed by atoms with Crippen molar-refractivity contribution in [3.05, 3.63) is 35.6 Å². The first kappa shape index (κ1) is 16.9. The van der Waals surface area contributed by atoms with Crippen molar-refractivity contribution in [2.75, 3.05) is 32.8 Å². The van der Waals surface area contributed by atoms with Crippen LogP contribution < -0.4 is 0 Å². The minimum atomic E-state index is -0.285. The Kier molecular flexibility index (Phi) is 5.45. The van der Waals surface area contributed by atoms with Crippen molar-refractivity contribution in [2.45, 2.75) is 25.8 Å². The molecule has 130 valence electrons. The molecule has 2 aliphatic heterocycles. The Bertz CT molecular complexity index is 584. The molecule has 1 unspecified atom stereocenters. The highest BCUT2D eigenvalue weighted by atomic mass is 19.1. The summed E-state index contributed by atoms with van der Waals surface area (Å²) in [4.78, 5) is 28.1. The quantitative estimate of drug-likeness (QED) is 0.844. The SMILES string of the molecule is O=C(CC1CCCOC1)N1CCN(Cc2ccc(F)cc2)C(=O)C1. The van der Waals surface area contributed by atoms with Crippen molar-refractivity contribution < 1.29 is 18.7 Å². The predicted molar refractivity (Wildman–Crippen MR) is 86.6 cm³/mol. The van der Waals surface area contributed by atoms with Crippen molar-refractivity contribution in [3.63, 3.8) is 0 Å². The second-order valence-electron chi connectivity index (χ2n) is 6.54. The summed E-state index contributed by atoms with van der Waals surface area (Å²) in [6.07, 6.45) is 2.48. The summed E-state index contributed by atoms with van der Waals surface area (Å²) in [5.41, 5.74) is 0.892. The van der Waals surface area contributed by atoms with Gasteiger partial charge in [0.15, 0.2) is 0 Å². The molecule has 0 aromatic heterocycles. The number of halogens is 1. The van der Waals surface area contributed by atoms with Gasteiger partial charge in [0.2, 0.25) is 11.8 Å². The summed E-state index contributed by atoms with van der Waals surface area (Å²) < 4.78 is 18.4. The molecule has 2 heterocycles. The Morgan fingerprint density at radius 1 is 1.25 bits per heavy atom. The van der Waals surface area contributed by atoms with E-state index < -0.39 is 0 Å². The van der Waals surface area contributed by atoms with Gasteiger partial charge in [-0.15, -0.1) is 0 Å². The average Bonchev–Trinajstić information content (AvgIpc) is 2.59. The van der Waals surface area contributed by atoms with Gasteiger partial charge in [0.25, 0.3) is 0 Å². The number of nitrogens with zero attached hydrogens (tertiary/aromatic N) is 2. The number of rotatable bonds is 4. The van der Waals surface area contributed by atoms with Gasteiger partial charge >= 0.3 is 0 Å². The van der Waals surface area contributed by atoms with Gasteiger partial charge in [-0.1, -0.05) is 12.1 Å². The number of carbonyl (C=O) groups is 2. The molecule has 0 saturated carbocycles. The monoisotopic (exact) mass is 334 g/mol. The molecule has 0 aliphatic carbocycles. The van der Waals surface area contributed by atoms with E-state index in [0.29, 0.717) is 32.7 Å². The first-order chi connectivity index (χ1) is 11.6. The molecule has 0 radical (unpaired) electrons. The van der Waals surface area contributed by atoms with E-state index in [1.807, 2.05) is 0 Å². The van der Waals surface area contributed by atoms with Gasteiger partial charge in [-0.3, -0.25) is 9.59 Å². The number of carbonyl (C=O) groups excluding carboxylic acids is 2. The molecule has 1 aromatic rings. The number of piperazine rings is 1. The third-order valence-corrected chi connectivity index (χ3v) is 4.68. The number of hydrogen-bond acceptors (Lipinski definition) is 3. The minimum absolute atomic E-state index is 0.0419. The number of hydrogen-bond donors (Lipinski definition) is 0. The van der Waals surface area contributed by atoms with Crippen LogP contribution in [0, 0.1) is 11.7 Å². The van der Waals surface area contributed by atoms with Gasteiger partial charge in [0.05, 0.1) is 6.54 Å². The normalized spacial score (nSPS) is 21.9. The molecular weight excluding hydrogens is 311 g/mol. The summed E-state index contributed by atoms with van der Waals surface area (Å²) in [6, 6.07) is 6.16. The minimum Gasteiger partial charge on any atom is -0.381 e. The van der Waals surface area contributed by atoms with Crippen LogP contribution in [0.5, 0.6) is 0 Å². The van der Waals surface area contributed by atoms with E-state index in [9.17, 15) is 14.0 Å². The Labute approximate surface area is 141 Å². The molecule has 2 amide bonds. The molecule has 1 aromatic carbocycles. The maximum atomic E-state index is 12.9. The summed E-state index contributed by atoms with van der Waals surface area (Å²) in [7, 11) is 0. The highest BCUT2D eigenvalue weighted by Crippen LogP contribution is 2.19. The Hall–Kier alpha value is -1.95. The van der Waals surface area contributed by atoms with E-state index in [0.717, 1.165) is 25.0 Å². The Balaban J connectivity index is 1.50. The molecule has 0 N–H and O–H groups in total. The molecule has 6 heteroatoms. The fourth-order valence-corrected chi connectivity index (χ4v) is 3.24. The Morgan fingerprint density at radius 2 is 2.04 bits per heavy atom. The standard InChI is InChI=1S/C18H23FN2O3/c19-16-5-3-14(4-6-16)11-20-7-8-21(12-18(20)23)17(22)10-15-2-1-9-24-13-15/h3-6,15H,1-2,7-13H2. The van der Waals surface area contributed by atoms with Crippen molar-refractivity contribution in [1.82, 2.24) is 9.80 Å². The van der Waals surface area contributed by atoms with Crippen LogP contribution >= 0.6 is 0 Å². The molecule has 1 atom stereocenters. The first-order valence-corrected chi connectivity index (χ1v) is 8.49. The van der Waals surface area contributed by atoms with E-state index in [2.05, 4.69) is 0 Å². The highest BCUT2D eigenvalue weighted by molar-refractivity contribution is 5.86. The molecular formula is C18H23FN2O3.